The van der Waals surface area contributed by atoms with E-state index in [1.54, 1.807) is 0 Å². The van der Waals surface area contributed by atoms with Crippen LogP contribution in [0.5, 0.6) is 0 Å². The van der Waals surface area contributed by atoms with Crippen molar-refractivity contribution >= 4 is 11.8 Å². The third-order valence-corrected chi connectivity index (χ3v) is 3.89. The fourth-order valence-corrected chi connectivity index (χ4v) is 2.75. The Morgan fingerprint density at radius 2 is 2.14 bits per heavy atom. The quantitative estimate of drug-likeness (QED) is 0.689. The van der Waals surface area contributed by atoms with Gasteiger partial charge in [-0.3, -0.25) is 9.59 Å². The van der Waals surface area contributed by atoms with E-state index in [1.165, 1.54) is 7.11 Å². The first-order valence-electron chi connectivity index (χ1n) is 7.57. The minimum atomic E-state index is -0.0936. The highest BCUT2D eigenvalue weighted by atomic mass is 16.5. The van der Waals surface area contributed by atoms with Gasteiger partial charge in [0.25, 0.3) is 0 Å². The minimum Gasteiger partial charge on any atom is -0.375 e. The van der Waals surface area contributed by atoms with Crippen LogP contribution < -0.4 is 10.6 Å². The van der Waals surface area contributed by atoms with Crippen molar-refractivity contribution in [3.8, 4) is 0 Å². The van der Waals surface area contributed by atoms with Gasteiger partial charge in [0.1, 0.15) is 6.61 Å². The van der Waals surface area contributed by atoms with Gasteiger partial charge in [0.2, 0.25) is 11.8 Å². The number of amides is 2. The number of piperidine rings is 1. The number of carbonyl (C=O) groups is 2. The monoisotopic (exact) mass is 299 g/mol. The highest BCUT2D eigenvalue weighted by Crippen LogP contribution is 2.13. The van der Waals surface area contributed by atoms with Crippen molar-refractivity contribution in [3.63, 3.8) is 0 Å². The number of methoxy groups -OCH3 is 1. The predicted octanol–water partition coefficient (Wildman–Crippen LogP) is -0.881. The van der Waals surface area contributed by atoms with Gasteiger partial charge in [-0.25, -0.2) is 0 Å². The average Bonchev–Trinajstić information content (AvgIpc) is 2.49. The first-order valence-corrected chi connectivity index (χ1v) is 7.57. The molecule has 2 aliphatic rings. The fraction of sp³-hybridized carbons (Fsp3) is 0.857. The van der Waals surface area contributed by atoms with Crippen LogP contribution in [0.3, 0.4) is 0 Å². The van der Waals surface area contributed by atoms with Gasteiger partial charge in [0.05, 0.1) is 19.1 Å². The molecule has 2 N–H and O–H groups in total. The highest BCUT2D eigenvalue weighted by Gasteiger charge is 2.26. The molecule has 0 aromatic heterocycles. The van der Waals surface area contributed by atoms with Crippen LogP contribution in [0, 0.1) is 0 Å². The maximum atomic E-state index is 12.2. The van der Waals surface area contributed by atoms with E-state index in [1.807, 2.05) is 4.90 Å². The van der Waals surface area contributed by atoms with Crippen LogP contribution in [-0.2, 0) is 19.1 Å². The summed E-state index contributed by atoms with van der Waals surface area (Å²) in [7, 11) is 1.50. The SMILES string of the molecule is COCC(=O)NC1CCN(C(=O)CC2CNCCO2)CC1. The van der Waals surface area contributed by atoms with Crippen molar-refractivity contribution in [2.24, 2.45) is 0 Å². The Morgan fingerprint density at radius 3 is 2.76 bits per heavy atom. The second kappa shape index (κ2) is 8.31. The normalized spacial score (nSPS) is 23.9. The molecule has 2 fully saturated rings. The van der Waals surface area contributed by atoms with E-state index in [0.29, 0.717) is 26.1 Å². The number of nitrogens with one attached hydrogen (secondary N) is 2. The largest absolute Gasteiger partial charge is 0.375 e. The lowest BCUT2D eigenvalue weighted by Crippen LogP contribution is -2.48. The average molecular weight is 299 g/mol. The molecular formula is C14H25N3O4. The number of rotatable bonds is 5. The van der Waals surface area contributed by atoms with Crippen molar-refractivity contribution < 1.29 is 19.1 Å². The molecule has 2 aliphatic heterocycles. The summed E-state index contributed by atoms with van der Waals surface area (Å²) in [5, 5.41) is 6.15. The number of ether oxygens (including phenoxy) is 2. The summed E-state index contributed by atoms with van der Waals surface area (Å²) in [5.74, 6) is 0.0503. The molecule has 7 heteroatoms. The Kier molecular flexibility index (Phi) is 6.41. The third kappa shape index (κ3) is 5.26. The van der Waals surface area contributed by atoms with Gasteiger partial charge < -0.3 is 25.0 Å². The van der Waals surface area contributed by atoms with Crippen molar-refractivity contribution in [3.05, 3.63) is 0 Å². The Hall–Kier alpha value is -1.18. The molecule has 2 rings (SSSR count). The van der Waals surface area contributed by atoms with Crippen molar-refractivity contribution in [1.82, 2.24) is 15.5 Å². The summed E-state index contributed by atoms with van der Waals surface area (Å²) in [4.78, 5) is 25.5. The molecule has 120 valence electrons. The first-order chi connectivity index (χ1) is 10.2. The smallest absolute Gasteiger partial charge is 0.246 e. The summed E-state index contributed by atoms with van der Waals surface area (Å²) < 4.78 is 10.4. The maximum absolute atomic E-state index is 12.2. The zero-order valence-corrected chi connectivity index (χ0v) is 12.6. The molecule has 2 saturated heterocycles. The molecular weight excluding hydrogens is 274 g/mol. The zero-order chi connectivity index (χ0) is 15.1. The molecule has 0 aromatic rings. The summed E-state index contributed by atoms with van der Waals surface area (Å²) in [6, 6.07) is 0.143. The second-order valence-electron chi connectivity index (χ2n) is 5.56. The molecule has 2 heterocycles. The molecule has 0 aliphatic carbocycles. The zero-order valence-electron chi connectivity index (χ0n) is 12.6. The number of likely N-dealkylation sites (tertiary alicyclic amines) is 1. The maximum Gasteiger partial charge on any atom is 0.246 e. The van der Waals surface area contributed by atoms with Crippen LogP contribution in [0.25, 0.3) is 0 Å². The van der Waals surface area contributed by atoms with Gasteiger partial charge in [-0.1, -0.05) is 0 Å². The molecule has 0 spiro atoms. The summed E-state index contributed by atoms with van der Waals surface area (Å²) in [6.45, 7) is 3.75. The van der Waals surface area contributed by atoms with Crippen molar-refractivity contribution in [2.75, 3.05) is 46.5 Å². The topological polar surface area (TPSA) is 79.9 Å². The molecule has 0 radical (unpaired) electrons. The lowest BCUT2D eigenvalue weighted by Gasteiger charge is -2.33. The van der Waals surface area contributed by atoms with Gasteiger partial charge in [-0.2, -0.15) is 0 Å². The van der Waals surface area contributed by atoms with Crippen LogP contribution in [0.4, 0.5) is 0 Å². The molecule has 1 unspecified atom stereocenters. The Bertz CT molecular complexity index is 350. The summed E-state index contributed by atoms with van der Waals surface area (Å²) >= 11 is 0. The number of hydrogen-bond donors (Lipinski definition) is 2. The first kappa shape index (κ1) is 16.2. The van der Waals surface area contributed by atoms with Gasteiger partial charge in [0.15, 0.2) is 0 Å². The fourth-order valence-electron chi connectivity index (χ4n) is 2.75. The van der Waals surface area contributed by atoms with E-state index in [4.69, 9.17) is 9.47 Å². The molecule has 0 aromatic carbocycles. The van der Waals surface area contributed by atoms with Crippen LogP contribution in [0.1, 0.15) is 19.3 Å². The van der Waals surface area contributed by atoms with E-state index < -0.39 is 0 Å². The third-order valence-electron chi connectivity index (χ3n) is 3.89. The lowest BCUT2D eigenvalue weighted by molar-refractivity contribution is -0.136. The van der Waals surface area contributed by atoms with Crippen molar-refractivity contribution in [2.45, 2.75) is 31.4 Å². The minimum absolute atomic E-state index is 0.00891. The van der Waals surface area contributed by atoms with Crippen LogP contribution in [-0.4, -0.2) is 75.4 Å². The number of nitrogens with zero attached hydrogens (tertiary/aromatic N) is 1. The Labute approximate surface area is 125 Å². The Balaban J connectivity index is 1.67. The van der Waals surface area contributed by atoms with Gasteiger partial charge in [0, 0.05) is 39.3 Å². The van der Waals surface area contributed by atoms with E-state index in [0.717, 1.165) is 25.9 Å². The van der Waals surface area contributed by atoms with E-state index >= 15 is 0 Å². The predicted molar refractivity (Wildman–Crippen MR) is 76.8 cm³/mol. The second-order valence-corrected chi connectivity index (χ2v) is 5.56. The standard InChI is InChI=1S/C14H25N3O4/c1-20-10-13(18)16-11-2-5-17(6-3-11)14(19)8-12-9-15-4-7-21-12/h11-12,15H,2-10H2,1H3,(H,16,18). The molecule has 1 atom stereocenters. The number of morpholine rings is 1. The van der Waals surface area contributed by atoms with E-state index in [9.17, 15) is 9.59 Å². The summed E-state index contributed by atoms with van der Waals surface area (Å²) in [5.41, 5.74) is 0. The highest BCUT2D eigenvalue weighted by molar-refractivity contribution is 5.78. The number of hydrogen-bond acceptors (Lipinski definition) is 5. The summed E-state index contributed by atoms with van der Waals surface area (Å²) in [6.07, 6.45) is 2.02. The van der Waals surface area contributed by atoms with Gasteiger partial charge in [-0.15, -0.1) is 0 Å². The Morgan fingerprint density at radius 1 is 1.38 bits per heavy atom. The van der Waals surface area contributed by atoms with Crippen LogP contribution in [0.2, 0.25) is 0 Å². The molecule has 2 amide bonds. The van der Waals surface area contributed by atoms with E-state index in [-0.39, 0.29) is 30.6 Å². The van der Waals surface area contributed by atoms with Crippen LogP contribution >= 0.6 is 0 Å². The number of carbonyl (C=O) groups excluding carboxylic acids is 2. The molecule has 0 bridgehead atoms. The molecule has 0 saturated carbocycles. The molecule has 21 heavy (non-hydrogen) atoms. The van der Waals surface area contributed by atoms with Crippen molar-refractivity contribution in [1.29, 1.82) is 0 Å². The lowest BCUT2D eigenvalue weighted by atomic mass is 10.0. The van der Waals surface area contributed by atoms with Gasteiger partial charge >= 0.3 is 0 Å². The van der Waals surface area contributed by atoms with E-state index in [2.05, 4.69) is 10.6 Å². The molecule has 7 nitrogen and oxygen atoms in total. The van der Waals surface area contributed by atoms with Crippen LogP contribution in [0.15, 0.2) is 0 Å². The van der Waals surface area contributed by atoms with Gasteiger partial charge in [-0.05, 0) is 12.8 Å².